The van der Waals surface area contributed by atoms with Gasteiger partial charge >= 0.3 is 5.97 Å². The second-order valence-electron chi connectivity index (χ2n) is 5.57. The topological polar surface area (TPSA) is 81.8 Å². The Kier molecular flexibility index (Phi) is 4.21. The second kappa shape index (κ2) is 6.57. The summed E-state index contributed by atoms with van der Waals surface area (Å²) in [7, 11) is 0. The van der Waals surface area contributed by atoms with Crippen molar-refractivity contribution >= 4 is 56.7 Å². The highest BCUT2D eigenvalue weighted by Gasteiger charge is 2.28. The third-order valence-electron chi connectivity index (χ3n) is 3.81. The Morgan fingerprint density at radius 2 is 1.96 bits per heavy atom. The molecule has 6 nitrogen and oxygen atoms in total. The molecule has 1 aromatic heterocycles. The number of halogens is 2. The van der Waals surface area contributed by atoms with Gasteiger partial charge in [-0.3, -0.25) is 10.1 Å². The van der Waals surface area contributed by atoms with E-state index < -0.39 is 10.9 Å². The summed E-state index contributed by atoms with van der Waals surface area (Å²) in [5.41, 5.74) is 0.580. The van der Waals surface area contributed by atoms with E-state index in [-0.39, 0.29) is 23.1 Å². The first kappa shape index (κ1) is 17.3. The minimum absolute atomic E-state index is 0.0298. The largest absolute Gasteiger partial charge is 0.401 e. The van der Waals surface area contributed by atoms with Crippen LogP contribution in [0.5, 0.6) is 0 Å². The fraction of sp³-hybridized carbons (Fsp3) is 0. The molecule has 9 heteroatoms. The van der Waals surface area contributed by atoms with Crippen LogP contribution in [0.4, 0.5) is 10.1 Å². The van der Waals surface area contributed by atoms with Crippen molar-refractivity contribution < 1.29 is 18.8 Å². The Labute approximate surface area is 160 Å². The third kappa shape index (κ3) is 3.20. The molecular formula is C18H8ClFN2O4S. The van der Waals surface area contributed by atoms with Crippen molar-refractivity contribution in [3.63, 3.8) is 0 Å². The summed E-state index contributed by atoms with van der Waals surface area (Å²) in [6, 6.07) is 9.86. The number of nitro benzene ring substituents is 1. The van der Waals surface area contributed by atoms with Gasteiger partial charge in [0.2, 0.25) is 5.90 Å². The van der Waals surface area contributed by atoms with Gasteiger partial charge in [-0.05, 0) is 29.8 Å². The van der Waals surface area contributed by atoms with Crippen LogP contribution < -0.4 is 0 Å². The number of ether oxygens (including phenoxy) is 1. The molecule has 3 aromatic rings. The zero-order valence-electron chi connectivity index (χ0n) is 13.3. The Bertz CT molecular complexity index is 1170. The Balaban J connectivity index is 1.75. The molecule has 0 saturated heterocycles. The fourth-order valence-corrected chi connectivity index (χ4v) is 4.00. The first-order chi connectivity index (χ1) is 12.9. The monoisotopic (exact) mass is 402 g/mol. The molecule has 0 amide bonds. The van der Waals surface area contributed by atoms with Crippen LogP contribution in [-0.4, -0.2) is 16.8 Å². The average molecular weight is 403 g/mol. The molecule has 1 aliphatic rings. The van der Waals surface area contributed by atoms with Gasteiger partial charge in [0.05, 0.1) is 9.95 Å². The maximum atomic E-state index is 13.0. The van der Waals surface area contributed by atoms with Gasteiger partial charge in [-0.15, -0.1) is 11.3 Å². The molecule has 0 spiro atoms. The minimum Gasteiger partial charge on any atom is -0.401 e. The van der Waals surface area contributed by atoms with Crippen LogP contribution in [0.3, 0.4) is 0 Å². The number of carbonyl (C=O) groups is 1. The zero-order chi connectivity index (χ0) is 19.1. The number of carbonyl (C=O) groups excluding carboxylic acids is 1. The van der Waals surface area contributed by atoms with E-state index in [1.807, 2.05) is 0 Å². The molecular weight excluding hydrogens is 395 g/mol. The van der Waals surface area contributed by atoms with E-state index in [0.29, 0.717) is 25.5 Å². The van der Waals surface area contributed by atoms with Gasteiger partial charge < -0.3 is 4.74 Å². The number of hydrogen-bond acceptors (Lipinski definition) is 6. The lowest BCUT2D eigenvalue weighted by Gasteiger charge is -1.95. The number of aliphatic imine (C=N–C) groups is 1. The summed E-state index contributed by atoms with van der Waals surface area (Å²) in [6.45, 7) is 0. The molecule has 0 fully saturated rings. The van der Waals surface area contributed by atoms with Gasteiger partial charge in [0.25, 0.3) is 5.69 Å². The molecule has 0 aliphatic carbocycles. The lowest BCUT2D eigenvalue weighted by atomic mass is 10.2. The number of thiophene rings is 1. The molecule has 0 bridgehead atoms. The summed E-state index contributed by atoms with van der Waals surface area (Å²) in [5, 5.41) is 11.8. The number of nitrogens with zero attached hydrogens (tertiary/aromatic N) is 2. The van der Waals surface area contributed by atoms with Gasteiger partial charge in [0.1, 0.15) is 10.7 Å². The molecule has 2 aromatic carbocycles. The second-order valence-corrected chi connectivity index (χ2v) is 7.00. The van der Waals surface area contributed by atoms with E-state index in [1.165, 1.54) is 42.5 Å². The molecule has 2 heterocycles. The minimum atomic E-state index is -0.658. The normalized spacial score (nSPS) is 15.3. The van der Waals surface area contributed by atoms with Crippen molar-refractivity contribution in [2.24, 2.45) is 4.99 Å². The lowest BCUT2D eigenvalue weighted by Crippen LogP contribution is -2.04. The van der Waals surface area contributed by atoms with Crippen molar-refractivity contribution in [3.8, 4) is 0 Å². The molecule has 1 aliphatic heterocycles. The van der Waals surface area contributed by atoms with Crippen LogP contribution in [0.1, 0.15) is 10.4 Å². The summed E-state index contributed by atoms with van der Waals surface area (Å²) < 4.78 is 18.8. The van der Waals surface area contributed by atoms with Crippen LogP contribution in [0.25, 0.3) is 16.2 Å². The summed E-state index contributed by atoms with van der Waals surface area (Å²) >= 11 is 7.49. The summed E-state index contributed by atoms with van der Waals surface area (Å²) in [5.74, 6) is -1.02. The molecule has 27 heavy (non-hydrogen) atoms. The molecule has 0 saturated carbocycles. The Hall–Kier alpha value is -3.10. The maximum Gasteiger partial charge on any atom is 0.363 e. The highest BCUT2D eigenvalue weighted by atomic mass is 35.5. The van der Waals surface area contributed by atoms with Gasteiger partial charge in [0, 0.05) is 22.2 Å². The van der Waals surface area contributed by atoms with Gasteiger partial charge in [-0.2, -0.15) is 0 Å². The first-order valence-corrected chi connectivity index (χ1v) is 8.77. The van der Waals surface area contributed by atoms with Crippen LogP contribution in [0, 0.1) is 15.9 Å². The SMILES string of the molecule is O=C1OC(c2sc3cc([N+](=O)[O-])ccc3c2Cl)=N/C1=C/c1ccc(F)cc1. The number of benzene rings is 2. The molecule has 0 N–H and O–H groups in total. The molecule has 0 unspecified atom stereocenters. The summed E-state index contributed by atoms with van der Waals surface area (Å²) in [4.78, 5) is 27.1. The number of esters is 1. The quantitative estimate of drug-likeness (QED) is 0.269. The van der Waals surface area contributed by atoms with E-state index in [2.05, 4.69) is 4.99 Å². The van der Waals surface area contributed by atoms with Crippen LogP contribution in [0.2, 0.25) is 5.02 Å². The standard InChI is InChI=1S/C18H8ClFN2O4S/c19-15-12-6-5-11(22(24)25)8-14(12)27-16(15)17-21-13(18(23)26-17)7-9-1-3-10(20)4-2-9/h1-8H/b13-7+. The van der Waals surface area contributed by atoms with Crippen molar-refractivity contribution in [1.29, 1.82) is 0 Å². The first-order valence-electron chi connectivity index (χ1n) is 7.57. The fourth-order valence-electron chi connectivity index (χ4n) is 2.53. The van der Waals surface area contributed by atoms with E-state index in [0.717, 1.165) is 11.3 Å². The van der Waals surface area contributed by atoms with Gasteiger partial charge in [-0.1, -0.05) is 23.7 Å². The van der Waals surface area contributed by atoms with E-state index in [4.69, 9.17) is 16.3 Å². The van der Waals surface area contributed by atoms with Crippen molar-refractivity contribution in [1.82, 2.24) is 0 Å². The van der Waals surface area contributed by atoms with E-state index in [1.54, 1.807) is 6.07 Å². The van der Waals surface area contributed by atoms with Gasteiger partial charge in [-0.25, -0.2) is 14.2 Å². The van der Waals surface area contributed by atoms with Crippen LogP contribution in [0.15, 0.2) is 53.2 Å². The number of hydrogen-bond donors (Lipinski definition) is 0. The predicted octanol–water partition coefficient (Wildman–Crippen LogP) is 4.95. The number of rotatable bonds is 3. The zero-order valence-corrected chi connectivity index (χ0v) is 14.9. The maximum absolute atomic E-state index is 13.0. The highest BCUT2D eigenvalue weighted by molar-refractivity contribution is 7.21. The molecule has 0 radical (unpaired) electrons. The number of cyclic esters (lactones) is 1. The molecule has 4 rings (SSSR count). The lowest BCUT2D eigenvalue weighted by molar-refractivity contribution is -0.384. The number of nitro groups is 1. The van der Waals surface area contributed by atoms with Crippen molar-refractivity contribution in [3.05, 3.63) is 79.6 Å². The van der Waals surface area contributed by atoms with Gasteiger partial charge in [0.15, 0.2) is 5.70 Å². The Morgan fingerprint density at radius 1 is 1.22 bits per heavy atom. The predicted molar refractivity (Wildman–Crippen MR) is 100 cm³/mol. The smallest absolute Gasteiger partial charge is 0.363 e. The number of non-ortho nitro benzene ring substituents is 1. The van der Waals surface area contributed by atoms with Crippen LogP contribution in [-0.2, 0) is 9.53 Å². The van der Waals surface area contributed by atoms with Crippen molar-refractivity contribution in [2.45, 2.75) is 0 Å². The van der Waals surface area contributed by atoms with Crippen LogP contribution >= 0.6 is 22.9 Å². The van der Waals surface area contributed by atoms with E-state index in [9.17, 15) is 19.3 Å². The molecule has 0 atom stereocenters. The van der Waals surface area contributed by atoms with E-state index >= 15 is 0 Å². The summed E-state index contributed by atoms with van der Waals surface area (Å²) in [6.07, 6.45) is 1.47. The van der Waals surface area contributed by atoms with Crippen molar-refractivity contribution in [2.75, 3.05) is 0 Å². The third-order valence-corrected chi connectivity index (χ3v) is 5.46. The number of fused-ring (bicyclic) bond motifs is 1. The Morgan fingerprint density at radius 3 is 2.67 bits per heavy atom. The molecule has 134 valence electrons. The highest BCUT2D eigenvalue weighted by Crippen LogP contribution is 2.39. The average Bonchev–Trinajstić information content (AvgIpc) is 3.17.